The normalized spacial score (nSPS) is 10.0. The van der Waals surface area contributed by atoms with E-state index in [1.54, 1.807) is 0 Å². The number of phenolic OH excluding ortho intramolecular Hbond substituents is 1. The van der Waals surface area contributed by atoms with Gasteiger partial charge in [0.25, 0.3) is 0 Å². The zero-order valence-corrected chi connectivity index (χ0v) is 11.1. The first-order valence-electron chi connectivity index (χ1n) is 5.68. The van der Waals surface area contributed by atoms with E-state index in [0.717, 1.165) is 11.6 Å². The molecule has 0 fully saturated rings. The standard InChI is InChI=1S/C13H12N2O4S/c16-11-5-9(12(17)18)1-2-10(11)15-13(19)14-6-8-3-4-20-7-8/h1-5,7,16H,6H2,(H,17,18)(H2,14,15,19). The van der Waals surface area contributed by atoms with Crippen LogP contribution < -0.4 is 10.6 Å². The van der Waals surface area contributed by atoms with Gasteiger partial charge in [0.15, 0.2) is 0 Å². The molecule has 6 nitrogen and oxygen atoms in total. The van der Waals surface area contributed by atoms with Gasteiger partial charge in [-0.25, -0.2) is 9.59 Å². The molecule has 0 aliphatic carbocycles. The Labute approximate surface area is 118 Å². The van der Waals surface area contributed by atoms with Crippen molar-refractivity contribution in [1.29, 1.82) is 0 Å². The molecule has 0 spiro atoms. The van der Waals surface area contributed by atoms with Crippen molar-refractivity contribution in [3.63, 3.8) is 0 Å². The van der Waals surface area contributed by atoms with Crippen LogP contribution in [0.5, 0.6) is 5.75 Å². The van der Waals surface area contributed by atoms with Crippen LogP contribution in [0.2, 0.25) is 0 Å². The van der Waals surface area contributed by atoms with E-state index in [9.17, 15) is 14.7 Å². The van der Waals surface area contributed by atoms with Crippen molar-refractivity contribution in [1.82, 2.24) is 5.32 Å². The van der Waals surface area contributed by atoms with Crippen LogP contribution in [0.25, 0.3) is 0 Å². The van der Waals surface area contributed by atoms with Crippen LogP contribution in [0.4, 0.5) is 10.5 Å². The average molecular weight is 292 g/mol. The Kier molecular flexibility index (Phi) is 4.21. The largest absolute Gasteiger partial charge is 0.506 e. The number of benzene rings is 1. The van der Waals surface area contributed by atoms with Crippen LogP contribution in [0.1, 0.15) is 15.9 Å². The molecule has 20 heavy (non-hydrogen) atoms. The summed E-state index contributed by atoms with van der Waals surface area (Å²) in [7, 11) is 0. The number of thiophene rings is 1. The number of nitrogens with one attached hydrogen (secondary N) is 2. The fourth-order valence-corrected chi connectivity index (χ4v) is 2.18. The molecular formula is C13H12N2O4S. The summed E-state index contributed by atoms with van der Waals surface area (Å²) in [5, 5.41) is 27.3. The minimum absolute atomic E-state index is 0.0493. The summed E-state index contributed by atoms with van der Waals surface area (Å²) in [6, 6.07) is 5.13. The third kappa shape index (κ3) is 3.48. The highest BCUT2D eigenvalue weighted by molar-refractivity contribution is 7.07. The molecule has 2 rings (SSSR count). The number of rotatable bonds is 4. The van der Waals surface area contributed by atoms with E-state index in [0.29, 0.717) is 6.54 Å². The predicted octanol–water partition coefficient (Wildman–Crippen LogP) is 2.47. The summed E-state index contributed by atoms with van der Waals surface area (Å²) in [6.07, 6.45) is 0. The number of urea groups is 1. The quantitative estimate of drug-likeness (QED) is 0.650. The van der Waals surface area contributed by atoms with Crippen LogP contribution in [0.15, 0.2) is 35.0 Å². The minimum Gasteiger partial charge on any atom is -0.506 e. The van der Waals surface area contributed by atoms with Crippen LogP contribution in [-0.2, 0) is 6.54 Å². The molecule has 0 aliphatic rings. The molecule has 0 saturated carbocycles. The third-order valence-electron chi connectivity index (χ3n) is 2.53. The van der Waals surface area contributed by atoms with Gasteiger partial charge in [0.05, 0.1) is 11.3 Å². The van der Waals surface area contributed by atoms with Crippen molar-refractivity contribution < 1.29 is 19.8 Å². The topological polar surface area (TPSA) is 98.7 Å². The number of amides is 2. The molecule has 2 amide bonds. The monoisotopic (exact) mass is 292 g/mol. The SMILES string of the molecule is O=C(NCc1ccsc1)Nc1ccc(C(=O)O)cc1O. The molecule has 1 heterocycles. The fourth-order valence-electron chi connectivity index (χ4n) is 1.51. The summed E-state index contributed by atoms with van der Waals surface area (Å²) >= 11 is 1.53. The second-order valence-corrected chi connectivity index (χ2v) is 4.76. The summed E-state index contributed by atoms with van der Waals surface area (Å²) < 4.78 is 0. The van der Waals surface area contributed by atoms with Crippen molar-refractivity contribution in [3.8, 4) is 5.75 Å². The first-order chi connectivity index (χ1) is 9.56. The van der Waals surface area contributed by atoms with E-state index in [2.05, 4.69) is 10.6 Å². The van der Waals surface area contributed by atoms with Crippen LogP contribution in [-0.4, -0.2) is 22.2 Å². The molecule has 0 saturated heterocycles. The van der Waals surface area contributed by atoms with Crippen molar-refractivity contribution in [2.45, 2.75) is 6.54 Å². The van der Waals surface area contributed by atoms with Gasteiger partial charge < -0.3 is 20.8 Å². The number of aromatic hydroxyl groups is 1. The lowest BCUT2D eigenvalue weighted by atomic mass is 10.2. The second-order valence-electron chi connectivity index (χ2n) is 3.98. The Hall–Kier alpha value is -2.54. The summed E-state index contributed by atoms with van der Waals surface area (Å²) in [6.45, 7) is 0.378. The summed E-state index contributed by atoms with van der Waals surface area (Å²) in [4.78, 5) is 22.3. The van der Waals surface area contributed by atoms with Crippen molar-refractivity contribution >= 4 is 29.0 Å². The molecule has 7 heteroatoms. The van der Waals surface area contributed by atoms with Crippen molar-refractivity contribution in [2.75, 3.05) is 5.32 Å². The Morgan fingerprint density at radius 3 is 2.65 bits per heavy atom. The lowest BCUT2D eigenvalue weighted by Gasteiger charge is -2.09. The fraction of sp³-hybridized carbons (Fsp3) is 0.0769. The number of carboxylic acid groups (broad SMARTS) is 1. The van der Waals surface area contributed by atoms with Crippen molar-refractivity contribution in [3.05, 3.63) is 46.2 Å². The molecule has 0 atom stereocenters. The highest BCUT2D eigenvalue weighted by Gasteiger charge is 2.10. The molecule has 104 valence electrons. The smallest absolute Gasteiger partial charge is 0.335 e. The molecule has 2 aromatic rings. The lowest BCUT2D eigenvalue weighted by Crippen LogP contribution is -2.28. The van der Waals surface area contributed by atoms with Gasteiger partial charge in [-0.15, -0.1) is 0 Å². The van der Waals surface area contributed by atoms with Crippen molar-refractivity contribution in [2.24, 2.45) is 0 Å². The highest BCUT2D eigenvalue weighted by atomic mass is 32.1. The van der Waals surface area contributed by atoms with Gasteiger partial charge in [0.1, 0.15) is 5.75 Å². The number of carbonyl (C=O) groups excluding carboxylic acids is 1. The number of carbonyl (C=O) groups is 2. The van der Waals surface area contributed by atoms with E-state index in [-0.39, 0.29) is 17.0 Å². The summed E-state index contributed by atoms with van der Waals surface area (Å²) in [5.74, 6) is -1.44. The van der Waals surface area contributed by atoms with Gasteiger partial charge in [-0.2, -0.15) is 11.3 Å². The zero-order valence-electron chi connectivity index (χ0n) is 10.3. The van der Waals surface area contributed by atoms with Gasteiger partial charge >= 0.3 is 12.0 Å². The molecule has 0 aliphatic heterocycles. The Bertz CT molecular complexity index is 625. The number of phenols is 1. The number of aromatic carboxylic acids is 1. The van der Waals surface area contributed by atoms with Gasteiger partial charge in [0, 0.05) is 6.54 Å². The average Bonchev–Trinajstić information content (AvgIpc) is 2.91. The summed E-state index contributed by atoms with van der Waals surface area (Å²) in [5.41, 5.74) is 1.08. The molecule has 1 aromatic carbocycles. The van der Waals surface area contributed by atoms with Gasteiger partial charge in [-0.3, -0.25) is 0 Å². The van der Waals surface area contributed by atoms with Gasteiger partial charge in [0.2, 0.25) is 0 Å². The number of hydrogen-bond donors (Lipinski definition) is 4. The minimum atomic E-state index is -1.14. The first-order valence-corrected chi connectivity index (χ1v) is 6.63. The first kappa shape index (κ1) is 13.9. The Morgan fingerprint density at radius 2 is 2.05 bits per heavy atom. The Balaban J connectivity index is 1.95. The molecule has 1 aromatic heterocycles. The van der Waals surface area contributed by atoms with E-state index >= 15 is 0 Å². The molecule has 0 bridgehead atoms. The van der Waals surface area contributed by atoms with E-state index < -0.39 is 12.0 Å². The number of anilines is 1. The highest BCUT2D eigenvalue weighted by Crippen LogP contribution is 2.24. The molecular weight excluding hydrogens is 280 g/mol. The van der Waals surface area contributed by atoms with Gasteiger partial charge in [-0.05, 0) is 40.6 Å². The number of carboxylic acids is 1. The van der Waals surface area contributed by atoms with Crippen LogP contribution >= 0.6 is 11.3 Å². The molecule has 0 unspecified atom stereocenters. The molecule has 4 N–H and O–H groups in total. The maximum Gasteiger partial charge on any atom is 0.335 e. The van der Waals surface area contributed by atoms with E-state index in [1.807, 2.05) is 16.8 Å². The molecule has 0 radical (unpaired) electrons. The van der Waals surface area contributed by atoms with Crippen LogP contribution in [0, 0.1) is 0 Å². The number of hydrogen-bond acceptors (Lipinski definition) is 4. The van der Waals surface area contributed by atoms with Crippen LogP contribution in [0.3, 0.4) is 0 Å². The third-order valence-corrected chi connectivity index (χ3v) is 3.26. The Morgan fingerprint density at radius 1 is 1.25 bits per heavy atom. The maximum atomic E-state index is 11.6. The van der Waals surface area contributed by atoms with E-state index in [4.69, 9.17) is 5.11 Å². The maximum absolute atomic E-state index is 11.6. The lowest BCUT2D eigenvalue weighted by molar-refractivity contribution is 0.0696. The van der Waals surface area contributed by atoms with E-state index in [1.165, 1.54) is 23.5 Å². The second kappa shape index (κ2) is 6.07. The predicted molar refractivity (Wildman–Crippen MR) is 75.2 cm³/mol. The zero-order chi connectivity index (χ0) is 14.5. The van der Waals surface area contributed by atoms with Gasteiger partial charge in [-0.1, -0.05) is 0 Å².